The lowest BCUT2D eigenvalue weighted by atomic mass is 9.94. The number of hydrogen-bond donors (Lipinski definition) is 0. The molecule has 158 valence electrons. The van der Waals surface area contributed by atoms with Crippen LogP contribution in [0.15, 0.2) is 30.0 Å². The summed E-state index contributed by atoms with van der Waals surface area (Å²) < 4.78 is 23.9. The Hall–Kier alpha value is -2.25. The highest BCUT2D eigenvalue weighted by molar-refractivity contribution is 6.35. The number of rotatable bonds is 9. The number of carbonyl (C=O) groups is 2. The van der Waals surface area contributed by atoms with Gasteiger partial charge in [-0.15, -0.1) is 0 Å². The molecule has 1 aliphatic carbocycles. The van der Waals surface area contributed by atoms with Crippen molar-refractivity contribution in [1.29, 1.82) is 0 Å². The van der Waals surface area contributed by atoms with Crippen LogP contribution < -0.4 is 0 Å². The van der Waals surface area contributed by atoms with Crippen molar-refractivity contribution in [3.8, 4) is 0 Å². The minimum atomic E-state index is -0.382. The molecule has 0 bridgehead atoms. The normalized spacial score (nSPS) is 18.1. The lowest BCUT2D eigenvalue weighted by Gasteiger charge is -2.31. The van der Waals surface area contributed by atoms with Crippen molar-refractivity contribution in [2.45, 2.75) is 38.1 Å². The van der Waals surface area contributed by atoms with Gasteiger partial charge in [0.15, 0.2) is 0 Å². The minimum Gasteiger partial charge on any atom is -0.383 e. The summed E-state index contributed by atoms with van der Waals surface area (Å²) in [6, 6.07) is 5.67. The molecule has 0 unspecified atom stereocenters. The molecule has 1 aromatic rings. The van der Waals surface area contributed by atoms with Crippen LogP contribution in [0.5, 0.6) is 0 Å². The van der Waals surface area contributed by atoms with Gasteiger partial charge in [-0.25, -0.2) is 4.39 Å². The zero-order valence-electron chi connectivity index (χ0n) is 17.2. The molecule has 2 aliphatic rings. The van der Waals surface area contributed by atoms with Gasteiger partial charge in [-0.05, 0) is 30.5 Å². The van der Waals surface area contributed by atoms with E-state index in [0.29, 0.717) is 43.1 Å². The van der Waals surface area contributed by atoms with E-state index in [2.05, 4.69) is 0 Å². The molecule has 1 aromatic carbocycles. The predicted octanol–water partition coefficient (Wildman–Crippen LogP) is 2.83. The van der Waals surface area contributed by atoms with Gasteiger partial charge in [0.05, 0.1) is 18.8 Å². The van der Waals surface area contributed by atoms with Gasteiger partial charge in [0, 0.05) is 33.4 Å². The summed E-state index contributed by atoms with van der Waals surface area (Å²) >= 11 is 0. The Bertz CT molecular complexity index is 749. The van der Waals surface area contributed by atoms with E-state index in [1.165, 1.54) is 17.0 Å². The molecule has 7 heteroatoms. The van der Waals surface area contributed by atoms with Crippen molar-refractivity contribution in [1.82, 2.24) is 9.80 Å². The number of methoxy groups -OCH3 is 2. The molecule has 1 heterocycles. The molecule has 0 atom stereocenters. The van der Waals surface area contributed by atoms with Gasteiger partial charge in [0.1, 0.15) is 11.5 Å². The maximum absolute atomic E-state index is 13.5. The molecule has 0 saturated heterocycles. The minimum absolute atomic E-state index is 0.0802. The van der Waals surface area contributed by atoms with Gasteiger partial charge in [0.2, 0.25) is 0 Å². The summed E-state index contributed by atoms with van der Waals surface area (Å²) in [6.07, 6.45) is 4.82. The third-order valence-electron chi connectivity index (χ3n) is 5.61. The topological polar surface area (TPSA) is 59.1 Å². The van der Waals surface area contributed by atoms with E-state index in [1.54, 1.807) is 26.4 Å². The van der Waals surface area contributed by atoms with E-state index >= 15 is 0 Å². The molecule has 0 N–H and O–H groups in total. The van der Waals surface area contributed by atoms with Crippen molar-refractivity contribution in [2.24, 2.45) is 0 Å². The molecule has 1 fully saturated rings. The Kier molecular flexibility index (Phi) is 7.39. The third-order valence-corrected chi connectivity index (χ3v) is 5.61. The van der Waals surface area contributed by atoms with E-state index in [-0.39, 0.29) is 23.7 Å². The van der Waals surface area contributed by atoms with Crippen LogP contribution in [0.1, 0.15) is 37.7 Å². The molecule has 0 spiro atoms. The van der Waals surface area contributed by atoms with E-state index in [4.69, 9.17) is 9.47 Å². The van der Waals surface area contributed by atoms with Gasteiger partial charge in [0.25, 0.3) is 11.8 Å². The number of amides is 2. The van der Waals surface area contributed by atoms with Crippen LogP contribution in [-0.2, 0) is 19.1 Å². The van der Waals surface area contributed by atoms with Crippen LogP contribution in [0.4, 0.5) is 4.39 Å². The second-order valence-corrected chi connectivity index (χ2v) is 7.48. The molecular formula is C22H29FN2O4. The zero-order chi connectivity index (χ0) is 20.8. The summed E-state index contributed by atoms with van der Waals surface area (Å²) in [5, 5.41) is 0. The average molecular weight is 404 g/mol. The Morgan fingerprint density at radius 1 is 0.966 bits per heavy atom. The smallest absolute Gasteiger partial charge is 0.278 e. The molecule has 6 nitrogen and oxygen atoms in total. The molecule has 2 amide bonds. The first-order chi connectivity index (χ1) is 14.1. The fraction of sp³-hybridized carbons (Fsp3) is 0.545. The number of ether oxygens (including phenoxy) is 2. The van der Waals surface area contributed by atoms with Gasteiger partial charge in [-0.3, -0.25) is 14.5 Å². The molecule has 0 aromatic heterocycles. The van der Waals surface area contributed by atoms with Crippen molar-refractivity contribution < 1.29 is 23.5 Å². The first kappa shape index (κ1) is 21.5. The number of hydrogen-bond acceptors (Lipinski definition) is 5. The number of halogens is 1. The average Bonchev–Trinajstić information content (AvgIpc) is 2.99. The number of benzene rings is 1. The van der Waals surface area contributed by atoms with Gasteiger partial charge in [-0.2, -0.15) is 0 Å². The number of nitrogens with zero attached hydrogens (tertiary/aromatic N) is 2. The van der Waals surface area contributed by atoms with Crippen LogP contribution in [0.2, 0.25) is 0 Å². The van der Waals surface area contributed by atoms with Crippen molar-refractivity contribution in [3.05, 3.63) is 41.3 Å². The van der Waals surface area contributed by atoms with Crippen molar-refractivity contribution in [3.63, 3.8) is 0 Å². The summed E-state index contributed by atoms with van der Waals surface area (Å²) in [5.74, 6) is -0.941. The van der Waals surface area contributed by atoms with E-state index in [1.807, 2.05) is 4.90 Å². The predicted molar refractivity (Wildman–Crippen MR) is 107 cm³/mol. The highest BCUT2D eigenvalue weighted by Crippen LogP contribution is 2.36. The SMILES string of the molecule is COCCN(CCOC)C1=C(c2ccc(F)cc2)C(=O)N(C2CCCCC2)C1=O. The first-order valence-corrected chi connectivity index (χ1v) is 10.2. The second kappa shape index (κ2) is 9.98. The number of carbonyl (C=O) groups excluding carboxylic acids is 2. The lowest BCUT2D eigenvalue weighted by Crippen LogP contribution is -2.44. The quantitative estimate of drug-likeness (QED) is 0.593. The molecule has 1 aliphatic heterocycles. The monoisotopic (exact) mass is 404 g/mol. The Labute approximate surface area is 171 Å². The highest BCUT2D eigenvalue weighted by Gasteiger charge is 2.44. The van der Waals surface area contributed by atoms with Crippen LogP contribution in [0.25, 0.3) is 5.57 Å². The van der Waals surface area contributed by atoms with Gasteiger partial charge >= 0.3 is 0 Å². The fourth-order valence-electron chi connectivity index (χ4n) is 4.11. The van der Waals surface area contributed by atoms with Crippen molar-refractivity contribution in [2.75, 3.05) is 40.5 Å². The summed E-state index contributed by atoms with van der Waals surface area (Å²) in [6.45, 7) is 1.73. The summed E-state index contributed by atoms with van der Waals surface area (Å²) in [7, 11) is 3.19. The van der Waals surface area contributed by atoms with Crippen LogP contribution in [0, 0.1) is 5.82 Å². The summed E-state index contributed by atoms with van der Waals surface area (Å²) in [4.78, 5) is 30.2. The van der Waals surface area contributed by atoms with E-state index in [0.717, 1.165) is 32.1 Å². The van der Waals surface area contributed by atoms with Gasteiger partial charge in [-0.1, -0.05) is 31.4 Å². The zero-order valence-corrected chi connectivity index (χ0v) is 17.2. The lowest BCUT2D eigenvalue weighted by molar-refractivity contribution is -0.141. The van der Waals surface area contributed by atoms with Crippen LogP contribution >= 0.6 is 0 Å². The Balaban J connectivity index is 2.03. The third kappa shape index (κ3) is 4.67. The molecule has 0 radical (unpaired) electrons. The van der Waals surface area contributed by atoms with E-state index < -0.39 is 0 Å². The second-order valence-electron chi connectivity index (χ2n) is 7.48. The van der Waals surface area contributed by atoms with Crippen molar-refractivity contribution >= 4 is 17.4 Å². The van der Waals surface area contributed by atoms with Gasteiger partial charge < -0.3 is 14.4 Å². The molecule has 29 heavy (non-hydrogen) atoms. The molecular weight excluding hydrogens is 375 g/mol. The summed E-state index contributed by atoms with van der Waals surface area (Å²) in [5.41, 5.74) is 1.26. The number of imide groups is 1. The Morgan fingerprint density at radius 2 is 1.55 bits per heavy atom. The Morgan fingerprint density at radius 3 is 2.10 bits per heavy atom. The maximum atomic E-state index is 13.5. The standard InChI is InChI=1S/C22H29FN2O4/c1-28-14-12-24(13-15-29-2)20-19(16-8-10-17(23)11-9-16)21(26)25(22(20)27)18-6-4-3-5-7-18/h8-11,18H,3-7,12-15H2,1-2H3. The first-order valence-electron chi connectivity index (χ1n) is 10.2. The molecule has 3 rings (SSSR count). The highest BCUT2D eigenvalue weighted by atomic mass is 19.1. The fourth-order valence-corrected chi connectivity index (χ4v) is 4.11. The van der Waals surface area contributed by atoms with Crippen LogP contribution in [-0.4, -0.2) is 68.2 Å². The van der Waals surface area contributed by atoms with E-state index in [9.17, 15) is 14.0 Å². The maximum Gasteiger partial charge on any atom is 0.278 e. The molecule has 1 saturated carbocycles. The van der Waals surface area contributed by atoms with Crippen LogP contribution in [0.3, 0.4) is 0 Å². The largest absolute Gasteiger partial charge is 0.383 e.